The number of rotatable bonds is 4. The predicted octanol–water partition coefficient (Wildman–Crippen LogP) is 4.67. The first-order chi connectivity index (χ1) is 11.1. The van der Waals surface area contributed by atoms with Crippen LogP contribution in [0.2, 0.25) is 0 Å². The summed E-state index contributed by atoms with van der Waals surface area (Å²) in [6.45, 7) is 1.78. The zero-order valence-electron chi connectivity index (χ0n) is 12.4. The SMILES string of the molecule is Cc1ccc(S(=O)(=O)Nc2ccccc2/C=C(\F)C(F)(F)F)cc1. The molecule has 0 atom stereocenters. The van der Waals surface area contributed by atoms with Crippen molar-refractivity contribution in [2.75, 3.05) is 4.72 Å². The molecule has 0 aliphatic rings. The quantitative estimate of drug-likeness (QED) is 0.807. The molecule has 0 amide bonds. The lowest BCUT2D eigenvalue weighted by Crippen LogP contribution is -2.14. The van der Waals surface area contributed by atoms with Gasteiger partial charge in [0.2, 0.25) is 5.83 Å². The van der Waals surface area contributed by atoms with Crippen molar-refractivity contribution in [1.29, 1.82) is 0 Å². The second kappa shape index (κ2) is 6.64. The van der Waals surface area contributed by atoms with E-state index in [1.165, 1.54) is 36.4 Å². The molecule has 8 heteroatoms. The van der Waals surface area contributed by atoms with Gasteiger partial charge < -0.3 is 0 Å². The van der Waals surface area contributed by atoms with Crippen molar-refractivity contribution in [3.63, 3.8) is 0 Å². The van der Waals surface area contributed by atoms with Gasteiger partial charge in [-0.2, -0.15) is 13.2 Å². The molecule has 1 N–H and O–H groups in total. The molecule has 0 heterocycles. The molecule has 0 saturated carbocycles. The lowest BCUT2D eigenvalue weighted by Gasteiger charge is -2.11. The lowest BCUT2D eigenvalue weighted by molar-refractivity contribution is -0.107. The number of hydrogen-bond acceptors (Lipinski definition) is 2. The van der Waals surface area contributed by atoms with Crippen molar-refractivity contribution in [2.24, 2.45) is 0 Å². The highest BCUT2D eigenvalue weighted by atomic mass is 32.2. The van der Waals surface area contributed by atoms with Gasteiger partial charge in [-0.1, -0.05) is 35.9 Å². The van der Waals surface area contributed by atoms with E-state index in [0.29, 0.717) is 0 Å². The molecule has 2 rings (SSSR count). The summed E-state index contributed by atoms with van der Waals surface area (Å²) >= 11 is 0. The fraction of sp³-hybridized carbons (Fsp3) is 0.125. The molecule has 0 aromatic heterocycles. The van der Waals surface area contributed by atoms with Gasteiger partial charge in [-0.05, 0) is 31.2 Å². The van der Waals surface area contributed by atoms with E-state index in [1.54, 1.807) is 19.1 Å². The number of nitrogens with one attached hydrogen (secondary N) is 1. The van der Waals surface area contributed by atoms with E-state index in [4.69, 9.17) is 0 Å². The fourth-order valence-electron chi connectivity index (χ4n) is 1.86. The van der Waals surface area contributed by atoms with Crippen LogP contribution < -0.4 is 4.72 Å². The van der Waals surface area contributed by atoms with Crippen LogP contribution in [-0.4, -0.2) is 14.6 Å². The monoisotopic (exact) mass is 359 g/mol. The molecule has 0 aliphatic carbocycles. The fourth-order valence-corrected chi connectivity index (χ4v) is 2.94. The van der Waals surface area contributed by atoms with Crippen molar-refractivity contribution in [3.05, 3.63) is 65.5 Å². The highest BCUT2D eigenvalue weighted by Crippen LogP contribution is 2.30. The Hall–Kier alpha value is -2.35. The molecule has 2 aromatic carbocycles. The number of allylic oxidation sites excluding steroid dienone is 1. The number of hydrogen-bond donors (Lipinski definition) is 1. The highest BCUT2D eigenvalue weighted by Gasteiger charge is 2.34. The van der Waals surface area contributed by atoms with Gasteiger partial charge in [-0.3, -0.25) is 4.72 Å². The van der Waals surface area contributed by atoms with Crippen molar-refractivity contribution < 1.29 is 26.0 Å². The van der Waals surface area contributed by atoms with Crippen LogP contribution in [-0.2, 0) is 10.0 Å². The number of sulfonamides is 1. The van der Waals surface area contributed by atoms with Gasteiger partial charge in [-0.15, -0.1) is 0 Å². The minimum atomic E-state index is -5.14. The van der Waals surface area contributed by atoms with Crippen LogP contribution in [0.5, 0.6) is 0 Å². The maximum Gasteiger partial charge on any atom is 0.442 e. The normalized spacial score (nSPS) is 13.0. The third-order valence-electron chi connectivity index (χ3n) is 3.09. The summed E-state index contributed by atoms with van der Waals surface area (Å²) in [6, 6.07) is 11.1. The van der Waals surface area contributed by atoms with Gasteiger partial charge in [0, 0.05) is 5.56 Å². The zero-order chi connectivity index (χ0) is 18.0. The highest BCUT2D eigenvalue weighted by molar-refractivity contribution is 7.92. The van der Waals surface area contributed by atoms with E-state index >= 15 is 0 Å². The summed E-state index contributed by atoms with van der Waals surface area (Å²) in [5.41, 5.74) is 0.463. The summed E-state index contributed by atoms with van der Waals surface area (Å²) < 4.78 is 76.9. The van der Waals surface area contributed by atoms with Crippen molar-refractivity contribution in [3.8, 4) is 0 Å². The number of halogens is 4. The van der Waals surface area contributed by atoms with Crippen molar-refractivity contribution in [1.82, 2.24) is 0 Å². The Morgan fingerprint density at radius 2 is 1.62 bits per heavy atom. The largest absolute Gasteiger partial charge is 0.442 e. The third-order valence-corrected chi connectivity index (χ3v) is 4.47. The van der Waals surface area contributed by atoms with Gasteiger partial charge in [0.05, 0.1) is 10.6 Å². The number of alkyl halides is 3. The molecule has 0 aliphatic heterocycles. The predicted molar refractivity (Wildman–Crippen MR) is 83.6 cm³/mol. The summed E-state index contributed by atoms with van der Waals surface area (Å²) in [7, 11) is -4.01. The lowest BCUT2D eigenvalue weighted by atomic mass is 10.1. The zero-order valence-corrected chi connectivity index (χ0v) is 13.2. The van der Waals surface area contributed by atoms with Crippen LogP contribution in [0, 0.1) is 6.92 Å². The van der Waals surface area contributed by atoms with Crippen LogP contribution in [0.15, 0.2) is 59.3 Å². The first-order valence-corrected chi connectivity index (χ1v) is 8.21. The minimum absolute atomic E-state index is 0.0526. The Bertz CT molecular complexity index is 856. The van der Waals surface area contributed by atoms with Crippen LogP contribution in [0.4, 0.5) is 23.2 Å². The Balaban J connectivity index is 2.39. The molecule has 0 saturated heterocycles. The maximum absolute atomic E-state index is 13.1. The first-order valence-electron chi connectivity index (χ1n) is 6.72. The Morgan fingerprint density at radius 3 is 2.21 bits per heavy atom. The van der Waals surface area contributed by atoms with E-state index in [2.05, 4.69) is 4.72 Å². The van der Waals surface area contributed by atoms with Gasteiger partial charge in [0.25, 0.3) is 10.0 Å². The maximum atomic E-state index is 13.1. The Labute approximate surface area is 136 Å². The summed E-state index contributed by atoms with van der Waals surface area (Å²) in [5, 5.41) is 0. The minimum Gasteiger partial charge on any atom is -0.279 e. The molecule has 3 nitrogen and oxygen atoms in total. The second-order valence-corrected chi connectivity index (χ2v) is 6.68. The second-order valence-electron chi connectivity index (χ2n) is 5.00. The van der Waals surface area contributed by atoms with Crippen molar-refractivity contribution >= 4 is 21.8 Å². The van der Waals surface area contributed by atoms with E-state index in [0.717, 1.165) is 5.56 Å². The van der Waals surface area contributed by atoms with E-state index in [9.17, 15) is 26.0 Å². The number of para-hydroxylation sites is 1. The van der Waals surface area contributed by atoms with E-state index in [1.807, 2.05) is 0 Å². The average molecular weight is 359 g/mol. The van der Waals surface area contributed by atoms with E-state index < -0.39 is 22.0 Å². The number of benzene rings is 2. The van der Waals surface area contributed by atoms with Crippen LogP contribution >= 0.6 is 0 Å². The number of anilines is 1. The van der Waals surface area contributed by atoms with Crippen LogP contribution in [0.25, 0.3) is 6.08 Å². The molecular formula is C16H13F4NO2S. The molecule has 0 bridgehead atoms. The molecule has 2 aromatic rings. The Morgan fingerprint density at radius 1 is 1.04 bits per heavy atom. The smallest absolute Gasteiger partial charge is 0.279 e. The first kappa shape index (κ1) is 18.0. The summed E-state index contributed by atoms with van der Waals surface area (Å²) in [5.74, 6) is -2.32. The van der Waals surface area contributed by atoms with E-state index in [-0.39, 0.29) is 22.2 Å². The molecule has 0 fully saturated rings. The molecular weight excluding hydrogens is 346 g/mol. The van der Waals surface area contributed by atoms with Crippen LogP contribution in [0.1, 0.15) is 11.1 Å². The molecule has 0 radical (unpaired) electrons. The van der Waals surface area contributed by atoms with Gasteiger partial charge >= 0.3 is 6.18 Å². The number of aryl methyl sites for hydroxylation is 1. The topological polar surface area (TPSA) is 46.2 Å². The average Bonchev–Trinajstić information content (AvgIpc) is 2.48. The third kappa shape index (κ3) is 4.35. The summed E-state index contributed by atoms with van der Waals surface area (Å²) in [4.78, 5) is -0.0526. The Kier molecular flexibility index (Phi) is 4.98. The van der Waals surface area contributed by atoms with Gasteiger partial charge in [-0.25, -0.2) is 12.8 Å². The molecule has 0 spiro atoms. The molecule has 128 valence electrons. The van der Waals surface area contributed by atoms with Gasteiger partial charge in [0.1, 0.15) is 0 Å². The van der Waals surface area contributed by atoms with Gasteiger partial charge in [0.15, 0.2) is 0 Å². The van der Waals surface area contributed by atoms with Crippen LogP contribution in [0.3, 0.4) is 0 Å². The molecule has 0 unspecified atom stereocenters. The summed E-state index contributed by atoms with van der Waals surface area (Å²) in [6.07, 6.45) is -4.89. The molecule has 24 heavy (non-hydrogen) atoms. The standard InChI is InChI=1S/C16H13F4NO2S/c1-11-6-8-13(9-7-11)24(22,23)21-14-5-3-2-4-12(14)10-15(17)16(18,19)20/h2-10,21H,1H3/b15-10-. The van der Waals surface area contributed by atoms with Crippen molar-refractivity contribution in [2.45, 2.75) is 18.0 Å².